The minimum absolute atomic E-state index is 0.221. The highest BCUT2D eigenvalue weighted by molar-refractivity contribution is 5.93. The van der Waals surface area contributed by atoms with Gasteiger partial charge in [-0.3, -0.25) is 9.69 Å². The van der Waals surface area contributed by atoms with E-state index in [-0.39, 0.29) is 18.6 Å². The van der Waals surface area contributed by atoms with Crippen LogP contribution in [0.1, 0.15) is 34.3 Å². The van der Waals surface area contributed by atoms with Gasteiger partial charge in [0.25, 0.3) is 0 Å². The number of likely N-dealkylation sites (tertiary alicyclic amines) is 1. The first kappa shape index (κ1) is 13.1. The van der Waals surface area contributed by atoms with Crippen molar-refractivity contribution in [3.05, 3.63) is 34.9 Å². The molecular formula is C14H20N2O2. The number of aliphatic hydroxyl groups excluding tert-OH is 1. The molecule has 2 rings (SSSR count). The molecule has 4 nitrogen and oxygen atoms in total. The molecule has 0 radical (unpaired) electrons. The summed E-state index contributed by atoms with van der Waals surface area (Å²) in [6.07, 6.45) is 2.21. The maximum Gasteiger partial charge on any atom is 0.248 e. The minimum atomic E-state index is -0.390. The molecule has 0 bridgehead atoms. The van der Waals surface area contributed by atoms with Gasteiger partial charge in [-0.25, -0.2) is 0 Å². The van der Waals surface area contributed by atoms with Gasteiger partial charge in [0.2, 0.25) is 5.91 Å². The quantitative estimate of drug-likeness (QED) is 0.837. The van der Waals surface area contributed by atoms with Crippen molar-refractivity contribution in [2.45, 2.75) is 32.4 Å². The summed E-state index contributed by atoms with van der Waals surface area (Å²) in [5.41, 5.74) is 8.08. The first-order valence-corrected chi connectivity index (χ1v) is 6.36. The highest BCUT2D eigenvalue weighted by Gasteiger charge is 2.23. The Bertz CT molecular complexity index is 445. The number of aryl methyl sites for hydroxylation is 1. The zero-order chi connectivity index (χ0) is 13.1. The van der Waals surface area contributed by atoms with Gasteiger partial charge in [0.15, 0.2) is 0 Å². The number of hydrogen-bond acceptors (Lipinski definition) is 3. The molecule has 1 aromatic carbocycles. The summed E-state index contributed by atoms with van der Waals surface area (Å²) in [5, 5.41) is 9.30. The van der Waals surface area contributed by atoms with Crippen molar-refractivity contribution in [1.82, 2.24) is 4.90 Å². The van der Waals surface area contributed by atoms with Crippen LogP contribution in [0.25, 0.3) is 0 Å². The molecule has 0 spiro atoms. The lowest BCUT2D eigenvalue weighted by Gasteiger charge is -2.23. The summed E-state index contributed by atoms with van der Waals surface area (Å²) in [7, 11) is 0. The summed E-state index contributed by atoms with van der Waals surface area (Å²) in [6.45, 7) is 4.07. The smallest absolute Gasteiger partial charge is 0.248 e. The third-order valence-electron chi connectivity index (χ3n) is 3.71. The van der Waals surface area contributed by atoms with Gasteiger partial charge in [-0.2, -0.15) is 0 Å². The van der Waals surface area contributed by atoms with Gasteiger partial charge in [0, 0.05) is 18.2 Å². The van der Waals surface area contributed by atoms with E-state index >= 15 is 0 Å². The number of aliphatic hydroxyl groups is 1. The zero-order valence-electron chi connectivity index (χ0n) is 10.7. The summed E-state index contributed by atoms with van der Waals surface area (Å²) in [4.78, 5) is 13.4. The van der Waals surface area contributed by atoms with Crippen LogP contribution in [0, 0.1) is 6.92 Å². The minimum Gasteiger partial charge on any atom is -0.395 e. The van der Waals surface area contributed by atoms with Crippen molar-refractivity contribution in [2.75, 3.05) is 13.2 Å². The van der Waals surface area contributed by atoms with Crippen LogP contribution >= 0.6 is 0 Å². The fraction of sp³-hybridized carbons (Fsp3) is 0.500. The van der Waals surface area contributed by atoms with E-state index in [1.165, 1.54) is 5.56 Å². The molecule has 0 aromatic heterocycles. The highest BCUT2D eigenvalue weighted by Crippen LogP contribution is 2.21. The second-order valence-corrected chi connectivity index (χ2v) is 4.95. The Kier molecular flexibility index (Phi) is 3.99. The molecule has 1 atom stereocenters. The number of rotatable bonds is 4. The topological polar surface area (TPSA) is 66.6 Å². The SMILES string of the molecule is Cc1cc(C(N)=O)ccc1CN1CCC[C@@H]1CO. The van der Waals surface area contributed by atoms with Gasteiger partial charge in [0.1, 0.15) is 0 Å². The number of benzene rings is 1. The Labute approximate surface area is 107 Å². The average Bonchev–Trinajstić information content (AvgIpc) is 2.78. The number of nitrogens with two attached hydrogens (primary N) is 1. The molecule has 98 valence electrons. The summed E-state index contributed by atoms with van der Waals surface area (Å²) < 4.78 is 0. The van der Waals surface area contributed by atoms with Crippen LogP contribution in [0.3, 0.4) is 0 Å². The maximum atomic E-state index is 11.1. The van der Waals surface area contributed by atoms with Crippen LogP contribution in [-0.4, -0.2) is 35.1 Å². The van der Waals surface area contributed by atoms with Crippen LogP contribution in [-0.2, 0) is 6.54 Å². The molecule has 3 N–H and O–H groups in total. The van der Waals surface area contributed by atoms with Crippen LogP contribution in [0.15, 0.2) is 18.2 Å². The Morgan fingerprint density at radius 2 is 2.33 bits per heavy atom. The highest BCUT2D eigenvalue weighted by atomic mass is 16.3. The predicted octanol–water partition coefficient (Wildman–Crippen LogP) is 1.05. The van der Waals surface area contributed by atoms with Crippen LogP contribution in [0.4, 0.5) is 0 Å². The summed E-state index contributed by atoms with van der Waals surface area (Å²) in [5.74, 6) is -0.390. The molecule has 1 aromatic rings. The molecule has 1 amide bonds. The van der Waals surface area contributed by atoms with E-state index in [0.717, 1.165) is 31.5 Å². The maximum absolute atomic E-state index is 11.1. The number of nitrogens with zero attached hydrogens (tertiary/aromatic N) is 1. The molecule has 18 heavy (non-hydrogen) atoms. The molecule has 0 aliphatic carbocycles. The summed E-state index contributed by atoms with van der Waals surface area (Å²) >= 11 is 0. The lowest BCUT2D eigenvalue weighted by molar-refractivity contribution is 0.1000. The van der Waals surface area contributed by atoms with Crippen molar-refractivity contribution in [3.63, 3.8) is 0 Å². The van der Waals surface area contributed by atoms with Gasteiger partial charge >= 0.3 is 0 Å². The van der Waals surface area contributed by atoms with Crippen molar-refractivity contribution in [1.29, 1.82) is 0 Å². The van der Waals surface area contributed by atoms with Crippen LogP contribution < -0.4 is 5.73 Å². The van der Waals surface area contributed by atoms with E-state index in [4.69, 9.17) is 5.73 Å². The summed E-state index contributed by atoms with van der Waals surface area (Å²) in [6, 6.07) is 5.85. The van der Waals surface area contributed by atoms with Crippen molar-refractivity contribution in [2.24, 2.45) is 5.73 Å². The van der Waals surface area contributed by atoms with E-state index in [2.05, 4.69) is 4.90 Å². The van der Waals surface area contributed by atoms with Crippen molar-refractivity contribution in [3.8, 4) is 0 Å². The number of hydrogen-bond donors (Lipinski definition) is 2. The van der Waals surface area contributed by atoms with Crippen LogP contribution in [0.5, 0.6) is 0 Å². The molecule has 1 heterocycles. The van der Waals surface area contributed by atoms with Gasteiger partial charge < -0.3 is 10.8 Å². The lowest BCUT2D eigenvalue weighted by atomic mass is 10.0. The number of carbonyl (C=O) groups is 1. The predicted molar refractivity (Wildman–Crippen MR) is 70.2 cm³/mol. The monoisotopic (exact) mass is 248 g/mol. The third kappa shape index (κ3) is 2.71. The first-order valence-electron chi connectivity index (χ1n) is 6.36. The molecule has 1 fully saturated rings. The van der Waals surface area contributed by atoms with E-state index in [1.54, 1.807) is 6.07 Å². The Morgan fingerprint density at radius 3 is 2.94 bits per heavy atom. The average molecular weight is 248 g/mol. The van der Waals surface area contributed by atoms with E-state index in [1.807, 2.05) is 19.1 Å². The number of amides is 1. The molecule has 4 heteroatoms. The standard InChI is InChI=1S/C14H20N2O2/c1-10-7-11(14(15)18)4-5-12(10)8-16-6-2-3-13(16)9-17/h4-5,7,13,17H,2-3,6,8-9H2,1H3,(H2,15,18)/t13-/m1/s1. The van der Waals surface area contributed by atoms with Crippen molar-refractivity contribution < 1.29 is 9.90 Å². The molecule has 1 saturated heterocycles. The molecule has 1 aliphatic rings. The van der Waals surface area contributed by atoms with Crippen molar-refractivity contribution >= 4 is 5.91 Å². The molecular weight excluding hydrogens is 228 g/mol. The van der Waals surface area contributed by atoms with E-state index < -0.39 is 0 Å². The fourth-order valence-corrected chi connectivity index (χ4v) is 2.56. The first-order chi connectivity index (χ1) is 8.61. The largest absolute Gasteiger partial charge is 0.395 e. The molecule has 1 aliphatic heterocycles. The lowest BCUT2D eigenvalue weighted by Crippen LogP contribution is -2.31. The molecule has 0 unspecified atom stereocenters. The van der Waals surface area contributed by atoms with Gasteiger partial charge in [-0.15, -0.1) is 0 Å². The zero-order valence-corrected chi connectivity index (χ0v) is 10.7. The number of carbonyl (C=O) groups excluding carboxylic acids is 1. The Balaban J connectivity index is 2.12. The van der Waals surface area contributed by atoms with E-state index in [0.29, 0.717) is 5.56 Å². The van der Waals surface area contributed by atoms with E-state index in [9.17, 15) is 9.90 Å². The second-order valence-electron chi connectivity index (χ2n) is 4.95. The Morgan fingerprint density at radius 1 is 1.56 bits per heavy atom. The fourth-order valence-electron chi connectivity index (χ4n) is 2.56. The van der Waals surface area contributed by atoms with Gasteiger partial charge in [-0.05, 0) is 49.6 Å². The normalized spacial score (nSPS) is 20.2. The Hall–Kier alpha value is -1.39. The third-order valence-corrected chi connectivity index (χ3v) is 3.71. The number of primary amides is 1. The molecule has 0 saturated carbocycles. The van der Waals surface area contributed by atoms with Crippen LogP contribution in [0.2, 0.25) is 0 Å². The van der Waals surface area contributed by atoms with Gasteiger partial charge in [0.05, 0.1) is 6.61 Å². The van der Waals surface area contributed by atoms with Gasteiger partial charge in [-0.1, -0.05) is 6.07 Å². The second kappa shape index (κ2) is 5.50.